The van der Waals surface area contributed by atoms with Gasteiger partial charge in [-0.05, 0) is 31.2 Å². The first-order valence-electron chi connectivity index (χ1n) is 9.62. The lowest BCUT2D eigenvalue weighted by molar-refractivity contribution is -0.137. The Bertz CT molecular complexity index is 1180. The highest BCUT2D eigenvalue weighted by atomic mass is 19.4. The minimum absolute atomic E-state index is 0.0740. The maximum atomic E-state index is 14.8. The van der Waals surface area contributed by atoms with E-state index in [0.717, 1.165) is 17.0 Å². The van der Waals surface area contributed by atoms with Gasteiger partial charge < -0.3 is 9.64 Å². The van der Waals surface area contributed by atoms with Crippen LogP contribution in [0.15, 0.2) is 49.1 Å². The molecule has 6 nitrogen and oxygen atoms in total. The Morgan fingerprint density at radius 1 is 1.15 bits per heavy atom. The van der Waals surface area contributed by atoms with Crippen LogP contribution in [0.1, 0.15) is 28.4 Å². The molecule has 0 saturated carbocycles. The average Bonchev–Trinajstić information content (AvgIpc) is 3.36. The molecule has 1 aliphatic heterocycles. The zero-order valence-corrected chi connectivity index (χ0v) is 17.0. The molecule has 0 radical (unpaired) electrons. The molecule has 1 saturated heterocycles. The molecular weight excluding hydrogens is 454 g/mol. The van der Waals surface area contributed by atoms with Crippen molar-refractivity contribution in [2.75, 3.05) is 6.73 Å². The Morgan fingerprint density at radius 2 is 1.91 bits per heavy atom. The van der Waals surface area contributed by atoms with E-state index in [1.165, 1.54) is 30.3 Å². The Balaban J connectivity index is 1.72. The van der Waals surface area contributed by atoms with Crippen LogP contribution in [0.2, 0.25) is 0 Å². The summed E-state index contributed by atoms with van der Waals surface area (Å²) in [6, 6.07) is 3.48. The molecule has 1 unspecified atom stereocenters. The maximum absolute atomic E-state index is 14.8. The molecule has 1 aromatic heterocycles. The van der Waals surface area contributed by atoms with Crippen molar-refractivity contribution in [3.63, 3.8) is 0 Å². The standard InChI is InChI=1S/C21H16F6N4O2/c1-12-20(8-30-10-28-9-29-30,16-5-3-14(22)7-18(16)24)33-11-31(12)19(32)15-4-2-13(6-17(15)23)21(25,26)27/h2-7,9-10,12H,8,11H2,1H3/t12?,20-/m1/s1. The van der Waals surface area contributed by atoms with Crippen molar-refractivity contribution in [3.05, 3.63) is 83.2 Å². The summed E-state index contributed by atoms with van der Waals surface area (Å²) in [5, 5.41) is 3.97. The number of alkyl halides is 3. The van der Waals surface area contributed by atoms with E-state index in [4.69, 9.17) is 4.74 Å². The molecule has 1 amide bonds. The maximum Gasteiger partial charge on any atom is 0.416 e. The van der Waals surface area contributed by atoms with Crippen LogP contribution in [0.5, 0.6) is 0 Å². The normalized spacial score (nSPS) is 20.9. The van der Waals surface area contributed by atoms with Crippen molar-refractivity contribution in [2.45, 2.75) is 31.3 Å². The van der Waals surface area contributed by atoms with Crippen molar-refractivity contribution in [1.29, 1.82) is 0 Å². The lowest BCUT2D eigenvalue weighted by Crippen LogP contribution is -2.46. The summed E-state index contributed by atoms with van der Waals surface area (Å²) in [4.78, 5) is 17.9. The second kappa shape index (κ2) is 8.18. The van der Waals surface area contributed by atoms with Crippen LogP contribution >= 0.6 is 0 Å². The van der Waals surface area contributed by atoms with Crippen LogP contribution < -0.4 is 0 Å². The predicted molar refractivity (Wildman–Crippen MR) is 101 cm³/mol. The lowest BCUT2D eigenvalue weighted by atomic mass is 9.86. The fourth-order valence-corrected chi connectivity index (χ4v) is 3.88. The van der Waals surface area contributed by atoms with Crippen LogP contribution in [0.3, 0.4) is 0 Å². The van der Waals surface area contributed by atoms with Gasteiger partial charge in [-0.1, -0.05) is 6.07 Å². The smallest absolute Gasteiger partial charge is 0.346 e. The van der Waals surface area contributed by atoms with E-state index in [2.05, 4.69) is 10.1 Å². The summed E-state index contributed by atoms with van der Waals surface area (Å²) in [5.41, 5.74) is -3.48. The number of nitrogens with zero attached hydrogens (tertiary/aromatic N) is 4. The first-order chi connectivity index (χ1) is 15.5. The molecule has 0 N–H and O–H groups in total. The van der Waals surface area contributed by atoms with E-state index < -0.39 is 59.0 Å². The third-order valence-corrected chi connectivity index (χ3v) is 5.64. The summed E-state index contributed by atoms with van der Waals surface area (Å²) in [6.45, 7) is 0.953. The number of carbonyl (C=O) groups excluding carboxylic acids is 1. The Hall–Kier alpha value is -3.41. The van der Waals surface area contributed by atoms with Crippen LogP contribution in [-0.2, 0) is 23.1 Å². The van der Waals surface area contributed by atoms with Gasteiger partial charge >= 0.3 is 6.18 Å². The van der Waals surface area contributed by atoms with Gasteiger partial charge in [0, 0.05) is 11.6 Å². The number of amides is 1. The molecule has 0 aliphatic carbocycles. The van der Waals surface area contributed by atoms with E-state index in [0.29, 0.717) is 12.1 Å². The molecule has 33 heavy (non-hydrogen) atoms. The summed E-state index contributed by atoms with van der Waals surface area (Å²) in [7, 11) is 0. The number of carbonyl (C=O) groups is 1. The largest absolute Gasteiger partial charge is 0.416 e. The number of benzene rings is 2. The minimum atomic E-state index is -4.78. The van der Waals surface area contributed by atoms with Gasteiger partial charge in [0.05, 0.1) is 23.7 Å². The van der Waals surface area contributed by atoms with Crippen LogP contribution in [0, 0.1) is 17.5 Å². The van der Waals surface area contributed by atoms with Crippen LogP contribution in [0.25, 0.3) is 0 Å². The highest BCUT2D eigenvalue weighted by molar-refractivity contribution is 5.95. The number of rotatable bonds is 4. The first kappa shape index (κ1) is 22.8. The number of aromatic nitrogens is 3. The molecular formula is C21H16F6N4O2. The Morgan fingerprint density at radius 3 is 2.52 bits per heavy atom. The first-order valence-corrected chi connectivity index (χ1v) is 9.62. The zero-order chi connectivity index (χ0) is 24.0. The van der Waals surface area contributed by atoms with E-state index >= 15 is 0 Å². The summed E-state index contributed by atoms with van der Waals surface area (Å²) in [5.74, 6) is -4.06. The highest BCUT2D eigenvalue weighted by Gasteiger charge is 2.51. The predicted octanol–water partition coefficient (Wildman–Crippen LogP) is 4.13. The lowest BCUT2D eigenvalue weighted by Gasteiger charge is -2.34. The van der Waals surface area contributed by atoms with E-state index in [-0.39, 0.29) is 18.2 Å². The minimum Gasteiger partial charge on any atom is -0.346 e. The SMILES string of the molecule is CC1N(C(=O)c2ccc(C(F)(F)F)cc2F)CO[C@@]1(Cn1cncn1)c1ccc(F)cc1F. The van der Waals surface area contributed by atoms with E-state index in [9.17, 15) is 31.1 Å². The number of hydrogen-bond acceptors (Lipinski definition) is 4. The molecule has 2 atom stereocenters. The summed E-state index contributed by atoms with van der Waals surface area (Å²) >= 11 is 0. The second-order valence-corrected chi connectivity index (χ2v) is 7.52. The molecule has 1 aliphatic rings. The Kier molecular flexibility index (Phi) is 5.64. The fourth-order valence-electron chi connectivity index (χ4n) is 3.88. The van der Waals surface area contributed by atoms with Gasteiger partial charge in [-0.3, -0.25) is 4.79 Å². The molecule has 1 fully saturated rings. The number of ether oxygens (including phenoxy) is 1. The van der Waals surface area contributed by atoms with Gasteiger partial charge in [0.15, 0.2) is 0 Å². The molecule has 3 aromatic rings. The van der Waals surface area contributed by atoms with Crippen molar-refractivity contribution >= 4 is 5.91 Å². The van der Waals surface area contributed by atoms with Crippen molar-refractivity contribution in [2.24, 2.45) is 0 Å². The molecule has 0 spiro atoms. The van der Waals surface area contributed by atoms with Gasteiger partial charge in [-0.15, -0.1) is 0 Å². The van der Waals surface area contributed by atoms with Crippen molar-refractivity contribution < 1.29 is 35.9 Å². The van der Waals surface area contributed by atoms with E-state index in [1.54, 1.807) is 0 Å². The average molecular weight is 470 g/mol. The topological polar surface area (TPSA) is 60.2 Å². The molecule has 0 bridgehead atoms. The van der Waals surface area contributed by atoms with Crippen molar-refractivity contribution in [3.8, 4) is 0 Å². The molecule has 174 valence electrons. The fraction of sp³-hybridized carbons (Fsp3) is 0.286. The van der Waals surface area contributed by atoms with Gasteiger partial charge in [0.25, 0.3) is 5.91 Å². The van der Waals surface area contributed by atoms with Gasteiger partial charge in [-0.2, -0.15) is 18.3 Å². The number of halogens is 6. The number of hydrogen-bond donors (Lipinski definition) is 0. The molecule has 12 heteroatoms. The third kappa shape index (κ3) is 4.06. The second-order valence-electron chi connectivity index (χ2n) is 7.52. The van der Waals surface area contributed by atoms with Gasteiger partial charge in [-0.25, -0.2) is 22.8 Å². The van der Waals surface area contributed by atoms with Crippen LogP contribution in [-0.4, -0.2) is 38.3 Å². The monoisotopic (exact) mass is 470 g/mol. The van der Waals surface area contributed by atoms with Crippen LogP contribution in [0.4, 0.5) is 26.3 Å². The zero-order valence-electron chi connectivity index (χ0n) is 17.0. The molecule has 2 aromatic carbocycles. The highest BCUT2D eigenvalue weighted by Crippen LogP contribution is 2.41. The van der Waals surface area contributed by atoms with Gasteiger partial charge in [0.1, 0.15) is 42.4 Å². The van der Waals surface area contributed by atoms with E-state index in [1.807, 2.05) is 0 Å². The molecule has 4 rings (SSSR count). The third-order valence-electron chi connectivity index (χ3n) is 5.64. The Labute approximate surface area is 183 Å². The van der Waals surface area contributed by atoms with Crippen molar-refractivity contribution in [1.82, 2.24) is 19.7 Å². The summed E-state index contributed by atoms with van der Waals surface area (Å²) in [6.07, 6.45) is -2.21. The van der Waals surface area contributed by atoms with Gasteiger partial charge in [0.2, 0.25) is 0 Å². The summed E-state index contributed by atoms with van der Waals surface area (Å²) < 4.78 is 88.4. The quantitative estimate of drug-likeness (QED) is 0.539. The molecule has 2 heterocycles.